The van der Waals surface area contributed by atoms with E-state index in [1.165, 1.54) is 0 Å². The first-order chi connectivity index (χ1) is 15.9. The van der Waals surface area contributed by atoms with Crippen LogP contribution in [0.25, 0.3) is 0 Å². The molecule has 2 aromatic carbocycles. The number of benzene rings is 2. The average Bonchev–Trinajstić information content (AvgIpc) is 3.33. The van der Waals surface area contributed by atoms with E-state index in [1.807, 2.05) is 63.2 Å². The van der Waals surface area contributed by atoms with Gasteiger partial charge in [-0.05, 0) is 68.0 Å². The van der Waals surface area contributed by atoms with Crippen LogP contribution in [0.1, 0.15) is 55.7 Å². The maximum absolute atomic E-state index is 13.4. The number of hydrogen-bond donors (Lipinski definition) is 1. The average molecular weight is 453 g/mol. The fraction of sp³-hybridized carbons (Fsp3) is 0.481. The van der Waals surface area contributed by atoms with E-state index in [1.54, 1.807) is 12.0 Å². The van der Waals surface area contributed by atoms with Gasteiger partial charge in [-0.25, -0.2) is 0 Å². The molecule has 0 spiro atoms. The number of carbonyl (C=O) groups is 2. The molecule has 1 N–H and O–H groups in total. The van der Waals surface area contributed by atoms with Gasteiger partial charge in [0, 0.05) is 12.6 Å². The third kappa shape index (κ3) is 6.50. The quantitative estimate of drug-likeness (QED) is 0.574. The highest BCUT2D eigenvalue weighted by atomic mass is 16.5. The molecule has 0 bridgehead atoms. The second-order valence-electron chi connectivity index (χ2n) is 8.77. The molecule has 33 heavy (non-hydrogen) atoms. The lowest BCUT2D eigenvalue weighted by Gasteiger charge is -2.31. The van der Waals surface area contributed by atoms with Crippen molar-refractivity contribution in [2.24, 2.45) is 0 Å². The minimum Gasteiger partial charge on any atom is -0.497 e. The van der Waals surface area contributed by atoms with Crippen LogP contribution in [0.3, 0.4) is 0 Å². The van der Waals surface area contributed by atoms with E-state index >= 15 is 0 Å². The zero-order valence-electron chi connectivity index (χ0n) is 20.2. The lowest BCUT2D eigenvalue weighted by Crippen LogP contribution is -2.52. The molecule has 0 heterocycles. The Labute approximate surface area is 197 Å². The lowest BCUT2D eigenvalue weighted by atomic mass is 10.1. The summed E-state index contributed by atoms with van der Waals surface area (Å²) in [6, 6.07) is 13.0. The van der Waals surface area contributed by atoms with E-state index in [9.17, 15) is 9.59 Å². The molecule has 2 amide bonds. The standard InChI is InChI=1S/C27H36N2O4/c1-5-24(27(31)28-22-10-6-7-11-22)29(17-21-13-15-23(32-4)16-14-21)26(30)18-33-25-12-8-9-19(2)20(25)3/h8-9,12-16,22,24H,5-7,10-11,17-18H2,1-4H3,(H,28,31)/t24-/m1/s1. The molecule has 2 aromatic rings. The highest BCUT2D eigenvalue weighted by Gasteiger charge is 2.31. The highest BCUT2D eigenvalue weighted by molar-refractivity contribution is 5.88. The summed E-state index contributed by atoms with van der Waals surface area (Å²) in [5.41, 5.74) is 3.05. The van der Waals surface area contributed by atoms with Crippen LogP contribution in [-0.2, 0) is 16.1 Å². The van der Waals surface area contributed by atoms with Crippen molar-refractivity contribution in [1.29, 1.82) is 0 Å². The zero-order chi connectivity index (χ0) is 23.8. The van der Waals surface area contributed by atoms with Crippen molar-refractivity contribution < 1.29 is 19.1 Å². The number of ether oxygens (including phenoxy) is 2. The Balaban J connectivity index is 1.78. The van der Waals surface area contributed by atoms with Crippen LogP contribution < -0.4 is 14.8 Å². The molecule has 0 aromatic heterocycles. The Kier molecular flexibility index (Phi) is 8.75. The Hall–Kier alpha value is -3.02. The molecule has 1 fully saturated rings. The number of aryl methyl sites for hydroxylation is 1. The lowest BCUT2D eigenvalue weighted by molar-refractivity contribution is -0.143. The Morgan fingerprint density at radius 3 is 2.42 bits per heavy atom. The topological polar surface area (TPSA) is 67.9 Å². The number of rotatable bonds is 10. The molecule has 6 heteroatoms. The summed E-state index contributed by atoms with van der Waals surface area (Å²) in [4.78, 5) is 28.2. The first-order valence-corrected chi connectivity index (χ1v) is 11.8. The largest absolute Gasteiger partial charge is 0.497 e. The van der Waals surface area contributed by atoms with Gasteiger partial charge in [-0.15, -0.1) is 0 Å². The van der Waals surface area contributed by atoms with Crippen LogP contribution in [0.5, 0.6) is 11.5 Å². The van der Waals surface area contributed by atoms with Gasteiger partial charge in [-0.1, -0.05) is 44.0 Å². The second-order valence-corrected chi connectivity index (χ2v) is 8.77. The van der Waals surface area contributed by atoms with Crippen molar-refractivity contribution in [1.82, 2.24) is 10.2 Å². The van der Waals surface area contributed by atoms with Crippen molar-refractivity contribution in [3.8, 4) is 11.5 Å². The maximum Gasteiger partial charge on any atom is 0.261 e. The van der Waals surface area contributed by atoms with Gasteiger partial charge in [0.05, 0.1) is 7.11 Å². The van der Waals surface area contributed by atoms with Crippen LogP contribution in [0.15, 0.2) is 42.5 Å². The van der Waals surface area contributed by atoms with E-state index in [0.29, 0.717) is 18.7 Å². The van der Waals surface area contributed by atoms with Crippen molar-refractivity contribution in [3.63, 3.8) is 0 Å². The zero-order valence-corrected chi connectivity index (χ0v) is 20.2. The summed E-state index contributed by atoms with van der Waals surface area (Å²) >= 11 is 0. The van der Waals surface area contributed by atoms with E-state index in [-0.39, 0.29) is 24.5 Å². The number of nitrogens with zero attached hydrogens (tertiary/aromatic N) is 1. The molecule has 3 rings (SSSR count). The monoisotopic (exact) mass is 452 g/mol. The van der Waals surface area contributed by atoms with Gasteiger partial charge in [-0.3, -0.25) is 9.59 Å². The molecular formula is C27H36N2O4. The fourth-order valence-electron chi connectivity index (χ4n) is 4.32. The van der Waals surface area contributed by atoms with Crippen molar-refractivity contribution >= 4 is 11.8 Å². The van der Waals surface area contributed by atoms with Gasteiger partial charge >= 0.3 is 0 Å². The summed E-state index contributed by atoms with van der Waals surface area (Å²) < 4.78 is 11.1. The SMILES string of the molecule is CC[C@H](C(=O)NC1CCCC1)N(Cc1ccc(OC)cc1)C(=O)COc1cccc(C)c1C. The summed E-state index contributed by atoms with van der Waals surface area (Å²) in [6.45, 7) is 6.15. The second kappa shape index (κ2) is 11.7. The molecule has 1 atom stereocenters. The Bertz CT molecular complexity index is 936. The molecule has 6 nitrogen and oxygen atoms in total. The number of carbonyl (C=O) groups excluding carboxylic acids is 2. The van der Waals surface area contributed by atoms with E-state index in [2.05, 4.69) is 5.32 Å². The highest BCUT2D eigenvalue weighted by Crippen LogP contribution is 2.22. The van der Waals surface area contributed by atoms with Crippen LogP contribution in [-0.4, -0.2) is 42.5 Å². The molecule has 0 unspecified atom stereocenters. The van der Waals surface area contributed by atoms with Gasteiger partial charge in [0.15, 0.2) is 6.61 Å². The smallest absolute Gasteiger partial charge is 0.261 e. The summed E-state index contributed by atoms with van der Waals surface area (Å²) in [7, 11) is 1.62. The van der Waals surface area contributed by atoms with Gasteiger partial charge in [0.25, 0.3) is 5.91 Å². The molecule has 0 aliphatic heterocycles. The molecule has 0 saturated heterocycles. The Morgan fingerprint density at radius 1 is 1.09 bits per heavy atom. The van der Waals surface area contributed by atoms with Crippen LogP contribution >= 0.6 is 0 Å². The maximum atomic E-state index is 13.4. The number of methoxy groups -OCH3 is 1. The fourth-order valence-corrected chi connectivity index (χ4v) is 4.32. The molecule has 1 aliphatic carbocycles. The molecule has 1 aliphatic rings. The van der Waals surface area contributed by atoms with Crippen molar-refractivity contribution in [2.75, 3.05) is 13.7 Å². The number of hydrogen-bond acceptors (Lipinski definition) is 4. The van der Waals surface area contributed by atoms with Gasteiger partial charge < -0.3 is 19.7 Å². The minimum absolute atomic E-state index is 0.0852. The molecule has 0 radical (unpaired) electrons. The number of amides is 2. The summed E-state index contributed by atoms with van der Waals surface area (Å²) in [5, 5.41) is 3.17. The van der Waals surface area contributed by atoms with Crippen LogP contribution in [0, 0.1) is 13.8 Å². The first kappa shape index (κ1) is 24.6. The number of nitrogens with one attached hydrogen (secondary N) is 1. The predicted octanol–water partition coefficient (Wildman–Crippen LogP) is 4.56. The molecule has 1 saturated carbocycles. The normalized spacial score (nSPS) is 14.5. The summed E-state index contributed by atoms with van der Waals surface area (Å²) in [5.74, 6) is 1.15. The molecular weight excluding hydrogens is 416 g/mol. The first-order valence-electron chi connectivity index (χ1n) is 11.8. The third-order valence-corrected chi connectivity index (χ3v) is 6.51. The van der Waals surface area contributed by atoms with Gasteiger partial charge in [0.2, 0.25) is 5.91 Å². The van der Waals surface area contributed by atoms with E-state index in [4.69, 9.17) is 9.47 Å². The summed E-state index contributed by atoms with van der Waals surface area (Å²) in [6.07, 6.45) is 4.82. The third-order valence-electron chi connectivity index (χ3n) is 6.51. The van der Waals surface area contributed by atoms with Crippen LogP contribution in [0.2, 0.25) is 0 Å². The van der Waals surface area contributed by atoms with Crippen molar-refractivity contribution in [2.45, 2.75) is 71.5 Å². The van der Waals surface area contributed by atoms with E-state index in [0.717, 1.165) is 48.1 Å². The van der Waals surface area contributed by atoms with Crippen LogP contribution in [0.4, 0.5) is 0 Å². The Morgan fingerprint density at radius 2 is 1.79 bits per heavy atom. The van der Waals surface area contributed by atoms with Gasteiger partial charge in [0.1, 0.15) is 17.5 Å². The van der Waals surface area contributed by atoms with Gasteiger partial charge in [-0.2, -0.15) is 0 Å². The van der Waals surface area contributed by atoms with E-state index < -0.39 is 6.04 Å². The minimum atomic E-state index is -0.553. The predicted molar refractivity (Wildman–Crippen MR) is 129 cm³/mol. The van der Waals surface area contributed by atoms with Crippen molar-refractivity contribution in [3.05, 3.63) is 59.2 Å². The molecule has 178 valence electrons.